The van der Waals surface area contributed by atoms with Gasteiger partial charge in [0.05, 0.1) is 17.8 Å². The first-order chi connectivity index (χ1) is 8.24. The highest BCUT2D eigenvalue weighted by Gasteiger charge is 2.11. The second-order valence-corrected chi connectivity index (χ2v) is 4.35. The van der Waals surface area contributed by atoms with E-state index in [4.69, 9.17) is 4.74 Å². The monoisotopic (exact) mass is 247 g/mol. The average molecular weight is 247 g/mol. The number of nitrogens with one attached hydrogen (secondary N) is 1. The number of H-pyrrole nitrogens is 1. The minimum Gasteiger partial charge on any atom is -0.497 e. The van der Waals surface area contributed by atoms with E-state index in [-0.39, 0.29) is 5.78 Å². The Morgan fingerprint density at radius 2 is 2.12 bits per heavy atom. The van der Waals surface area contributed by atoms with E-state index in [1.54, 1.807) is 37.1 Å². The molecule has 0 aliphatic carbocycles. The third-order valence-electron chi connectivity index (χ3n) is 2.46. The van der Waals surface area contributed by atoms with Crippen molar-refractivity contribution in [1.82, 2.24) is 4.98 Å². The molecule has 2 rings (SSSR count). The maximum Gasteiger partial charge on any atom is 0.209 e. The molecule has 0 saturated heterocycles. The van der Waals surface area contributed by atoms with Gasteiger partial charge in [-0.15, -0.1) is 11.8 Å². The molecule has 88 valence electrons. The van der Waals surface area contributed by atoms with Crippen LogP contribution in [0, 0.1) is 0 Å². The van der Waals surface area contributed by atoms with Crippen molar-refractivity contribution in [3.05, 3.63) is 47.7 Å². The SMILES string of the molecule is COc1cccc(C(=O)c2ccc(SC)[nH]2)c1. The number of benzene rings is 1. The molecule has 0 aliphatic heterocycles. The molecule has 0 aliphatic rings. The largest absolute Gasteiger partial charge is 0.497 e. The Hall–Kier alpha value is -1.68. The predicted molar refractivity (Wildman–Crippen MR) is 69.0 cm³/mol. The Morgan fingerprint density at radius 3 is 2.76 bits per heavy atom. The highest BCUT2D eigenvalue weighted by molar-refractivity contribution is 7.98. The molecular formula is C13H13NO2S. The van der Waals surface area contributed by atoms with Gasteiger partial charge in [0.2, 0.25) is 5.78 Å². The summed E-state index contributed by atoms with van der Waals surface area (Å²) in [5.41, 5.74) is 1.22. The second-order valence-electron chi connectivity index (χ2n) is 3.50. The van der Waals surface area contributed by atoms with Crippen molar-refractivity contribution in [3.63, 3.8) is 0 Å². The molecule has 1 aromatic heterocycles. The molecular weight excluding hydrogens is 234 g/mol. The van der Waals surface area contributed by atoms with E-state index in [0.29, 0.717) is 17.0 Å². The number of aromatic amines is 1. The summed E-state index contributed by atoms with van der Waals surface area (Å²) in [7, 11) is 1.59. The smallest absolute Gasteiger partial charge is 0.209 e. The quantitative estimate of drug-likeness (QED) is 0.667. The maximum absolute atomic E-state index is 12.1. The highest BCUT2D eigenvalue weighted by atomic mass is 32.2. The van der Waals surface area contributed by atoms with Gasteiger partial charge in [-0.25, -0.2) is 0 Å². The minimum absolute atomic E-state index is 0.0239. The third-order valence-corrected chi connectivity index (χ3v) is 3.13. The van der Waals surface area contributed by atoms with Gasteiger partial charge in [-0.05, 0) is 30.5 Å². The number of ether oxygens (including phenoxy) is 1. The van der Waals surface area contributed by atoms with E-state index in [2.05, 4.69) is 4.98 Å². The molecule has 0 amide bonds. The van der Waals surface area contributed by atoms with Gasteiger partial charge in [0.15, 0.2) is 0 Å². The number of aromatic nitrogens is 1. The Labute approximate surface area is 104 Å². The van der Waals surface area contributed by atoms with Crippen molar-refractivity contribution in [3.8, 4) is 5.75 Å². The number of carbonyl (C=O) groups excluding carboxylic acids is 1. The first kappa shape index (κ1) is 11.8. The minimum atomic E-state index is -0.0239. The standard InChI is InChI=1S/C13H13NO2S/c1-16-10-5-3-4-9(8-10)13(15)11-6-7-12(14-11)17-2/h3-8,14H,1-2H3. The molecule has 0 bridgehead atoms. The first-order valence-electron chi connectivity index (χ1n) is 5.16. The summed E-state index contributed by atoms with van der Waals surface area (Å²) >= 11 is 1.58. The van der Waals surface area contributed by atoms with Crippen LogP contribution in [-0.4, -0.2) is 24.1 Å². The van der Waals surface area contributed by atoms with Crippen molar-refractivity contribution in [2.75, 3.05) is 13.4 Å². The second kappa shape index (κ2) is 5.10. The van der Waals surface area contributed by atoms with E-state index >= 15 is 0 Å². The fourth-order valence-corrected chi connectivity index (χ4v) is 1.96. The van der Waals surface area contributed by atoms with Crippen LogP contribution in [0.15, 0.2) is 41.4 Å². The van der Waals surface area contributed by atoms with Crippen molar-refractivity contribution < 1.29 is 9.53 Å². The van der Waals surface area contributed by atoms with Crippen LogP contribution < -0.4 is 4.74 Å². The normalized spacial score (nSPS) is 10.2. The van der Waals surface area contributed by atoms with Crippen LogP contribution in [-0.2, 0) is 0 Å². The zero-order valence-corrected chi connectivity index (χ0v) is 10.5. The van der Waals surface area contributed by atoms with E-state index in [9.17, 15) is 4.79 Å². The van der Waals surface area contributed by atoms with E-state index in [1.807, 2.05) is 24.5 Å². The molecule has 2 aromatic rings. The Morgan fingerprint density at radius 1 is 1.29 bits per heavy atom. The lowest BCUT2D eigenvalue weighted by Gasteiger charge is -2.02. The summed E-state index contributed by atoms with van der Waals surface area (Å²) in [4.78, 5) is 15.2. The fourth-order valence-electron chi connectivity index (χ4n) is 1.55. The molecule has 1 aromatic carbocycles. The number of hydrogen-bond donors (Lipinski definition) is 1. The van der Waals surface area contributed by atoms with Gasteiger partial charge in [-0.2, -0.15) is 0 Å². The summed E-state index contributed by atoms with van der Waals surface area (Å²) < 4.78 is 5.10. The highest BCUT2D eigenvalue weighted by Crippen LogP contribution is 2.18. The van der Waals surface area contributed by atoms with Crippen LogP contribution in [0.4, 0.5) is 0 Å². The fraction of sp³-hybridized carbons (Fsp3) is 0.154. The molecule has 0 atom stereocenters. The molecule has 4 heteroatoms. The van der Waals surface area contributed by atoms with Gasteiger partial charge < -0.3 is 9.72 Å². The van der Waals surface area contributed by atoms with E-state index < -0.39 is 0 Å². The molecule has 0 unspecified atom stereocenters. The summed E-state index contributed by atoms with van der Waals surface area (Å²) in [6.45, 7) is 0. The molecule has 0 saturated carbocycles. The molecule has 0 fully saturated rings. The van der Waals surface area contributed by atoms with Gasteiger partial charge in [-0.3, -0.25) is 4.79 Å². The van der Waals surface area contributed by atoms with Crippen LogP contribution in [0.3, 0.4) is 0 Å². The van der Waals surface area contributed by atoms with Crippen LogP contribution in [0.5, 0.6) is 5.75 Å². The van der Waals surface area contributed by atoms with Gasteiger partial charge in [-0.1, -0.05) is 12.1 Å². The number of carbonyl (C=O) groups is 1. The average Bonchev–Trinajstić information content (AvgIpc) is 2.86. The molecule has 0 radical (unpaired) electrons. The molecule has 1 heterocycles. The number of ketones is 1. The lowest BCUT2D eigenvalue weighted by molar-refractivity contribution is 0.103. The van der Waals surface area contributed by atoms with Gasteiger partial charge in [0.1, 0.15) is 5.75 Å². The summed E-state index contributed by atoms with van der Waals surface area (Å²) in [6, 6.07) is 10.8. The summed E-state index contributed by atoms with van der Waals surface area (Å²) in [5.74, 6) is 0.664. The first-order valence-corrected chi connectivity index (χ1v) is 6.39. The molecule has 0 spiro atoms. The van der Waals surface area contributed by atoms with Crippen LogP contribution in [0.2, 0.25) is 0 Å². The van der Waals surface area contributed by atoms with Crippen molar-refractivity contribution in [2.24, 2.45) is 0 Å². The lowest BCUT2D eigenvalue weighted by Crippen LogP contribution is -2.01. The molecule has 3 nitrogen and oxygen atoms in total. The predicted octanol–water partition coefficient (Wildman–Crippen LogP) is 2.98. The van der Waals surface area contributed by atoms with E-state index in [0.717, 1.165) is 5.03 Å². The summed E-state index contributed by atoms with van der Waals surface area (Å²) in [5, 5.41) is 0.983. The Bertz CT molecular complexity index is 534. The van der Waals surface area contributed by atoms with Crippen molar-refractivity contribution in [1.29, 1.82) is 0 Å². The zero-order valence-electron chi connectivity index (χ0n) is 9.69. The Balaban J connectivity index is 2.29. The molecule has 1 N–H and O–H groups in total. The van der Waals surface area contributed by atoms with Crippen LogP contribution in [0.25, 0.3) is 0 Å². The van der Waals surface area contributed by atoms with Crippen molar-refractivity contribution >= 4 is 17.5 Å². The third kappa shape index (κ3) is 2.53. The number of rotatable bonds is 4. The lowest BCUT2D eigenvalue weighted by atomic mass is 10.1. The van der Waals surface area contributed by atoms with E-state index in [1.165, 1.54) is 0 Å². The van der Waals surface area contributed by atoms with Crippen LogP contribution in [0.1, 0.15) is 16.1 Å². The number of thioether (sulfide) groups is 1. The summed E-state index contributed by atoms with van der Waals surface area (Å²) in [6.07, 6.45) is 1.96. The number of hydrogen-bond acceptors (Lipinski definition) is 3. The van der Waals surface area contributed by atoms with Gasteiger partial charge in [0, 0.05) is 5.56 Å². The van der Waals surface area contributed by atoms with Gasteiger partial charge >= 0.3 is 0 Å². The van der Waals surface area contributed by atoms with Crippen molar-refractivity contribution in [2.45, 2.75) is 5.03 Å². The number of methoxy groups -OCH3 is 1. The Kier molecular flexibility index (Phi) is 3.54. The van der Waals surface area contributed by atoms with Gasteiger partial charge in [0.25, 0.3) is 0 Å². The molecule has 17 heavy (non-hydrogen) atoms. The van der Waals surface area contributed by atoms with Crippen LogP contribution >= 0.6 is 11.8 Å². The zero-order chi connectivity index (χ0) is 12.3. The maximum atomic E-state index is 12.1. The topological polar surface area (TPSA) is 42.1 Å².